The molecule has 0 bridgehead atoms. The second-order valence-electron chi connectivity index (χ2n) is 4.54. The minimum absolute atomic E-state index is 0.418. The van der Waals surface area contributed by atoms with Crippen molar-refractivity contribution in [3.63, 3.8) is 0 Å². The Morgan fingerprint density at radius 2 is 1.95 bits per heavy atom. The van der Waals surface area contributed by atoms with Gasteiger partial charge < -0.3 is 9.47 Å². The van der Waals surface area contributed by atoms with Crippen molar-refractivity contribution in [3.05, 3.63) is 35.7 Å². The molecule has 0 amide bonds. The van der Waals surface area contributed by atoms with Gasteiger partial charge in [0.2, 0.25) is 0 Å². The summed E-state index contributed by atoms with van der Waals surface area (Å²) in [6.07, 6.45) is 2.47. The van der Waals surface area contributed by atoms with E-state index in [0.29, 0.717) is 18.8 Å². The number of carbonyl (C=O) groups is 1. The number of rotatable bonds is 8. The standard InChI is InChI=1S/C15H19N3O3/c1-3-4-15-14(11-19)16-17-18(15)9-10-21-13-7-5-12(20-2)6-8-13/h5-8,11H,3-4,9-10H2,1-2H3. The SMILES string of the molecule is CCCc1c(C=O)nnn1CCOc1ccc(OC)cc1. The van der Waals surface area contributed by atoms with E-state index in [1.165, 1.54) is 0 Å². The third-order valence-corrected chi connectivity index (χ3v) is 3.10. The number of aldehydes is 1. The molecule has 0 atom stereocenters. The van der Waals surface area contributed by atoms with E-state index in [1.54, 1.807) is 11.8 Å². The molecule has 6 heteroatoms. The quantitative estimate of drug-likeness (QED) is 0.696. The van der Waals surface area contributed by atoms with Gasteiger partial charge in [0.15, 0.2) is 6.29 Å². The monoisotopic (exact) mass is 289 g/mol. The van der Waals surface area contributed by atoms with Crippen molar-refractivity contribution < 1.29 is 14.3 Å². The van der Waals surface area contributed by atoms with Gasteiger partial charge in [-0.25, -0.2) is 4.68 Å². The molecule has 112 valence electrons. The summed E-state index contributed by atoms with van der Waals surface area (Å²) in [5, 5.41) is 7.87. The lowest BCUT2D eigenvalue weighted by molar-refractivity contribution is 0.111. The van der Waals surface area contributed by atoms with Gasteiger partial charge in [-0.3, -0.25) is 4.79 Å². The van der Waals surface area contributed by atoms with E-state index in [4.69, 9.17) is 9.47 Å². The number of hydrogen-bond acceptors (Lipinski definition) is 5. The number of hydrogen-bond donors (Lipinski definition) is 0. The predicted molar refractivity (Wildman–Crippen MR) is 77.9 cm³/mol. The maximum absolute atomic E-state index is 10.9. The van der Waals surface area contributed by atoms with E-state index in [2.05, 4.69) is 17.2 Å². The molecule has 0 fully saturated rings. The Bertz CT molecular complexity index is 578. The van der Waals surface area contributed by atoms with Gasteiger partial charge in [-0.05, 0) is 30.7 Å². The van der Waals surface area contributed by atoms with E-state index in [9.17, 15) is 4.79 Å². The molecule has 0 saturated heterocycles. The molecular weight excluding hydrogens is 270 g/mol. The van der Waals surface area contributed by atoms with Crippen LogP contribution in [-0.2, 0) is 13.0 Å². The summed E-state index contributed by atoms with van der Waals surface area (Å²) in [6, 6.07) is 7.39. The van der Waals surface area contributed by atoms with E-state index in [0.717, 1.165) is 36.3 Å². The van der Waals surface area contributed by atoms with E-state index < -0.39 is 0 Å². The molecule has 0 saturated carbocycles. The van der Waals surface area contributed by atoms with Crippen LogP contribution in [0.5, 0.6) is 11.5 Å². The van der Waals surface area contributed by atoms with Crippen LogP contribution in [0.2, 0.25) is 0 Å². The molecule has 2 aromatic rings. The Kier molecular flexibility index (Phi) is 5.31. The summed E-state index contributed by atoms with van der Waals surface area (Å²) < 4.78 is 12.5. The molecule has 0 spiro atoms. The third-order valence-electron chi connectivity index (χ3n) is 3.10. The first-order valence-electron chi connectivity index (χ1n) is 6.93. The third kappa shape index (κ3) is 3.81. The summed E-state index contributed by atoms with van der Waals surface area (Å²) >= 11 is 0. The van der Waals surface area contributed by atoms with Crippen molar-refractivity contribution >= 4 is 6.29 Å². The van der Waals surface area contributed by atoms with Gasteiger partial charge in [-0.1, -0.05) is 18.6 Å². The van der Waals surface area contributed by atoms with E-state index >= 15 is 0 Å². The van der Waals surface area contributed by atoms with E-state index in [-0.39, 0.29) is 0 Å². The van der Waals surface area contributed by atoms with Crippen LogP contribution in [0, 0.1) is 0 Å². The fraction of sp³-hybridized carbons (Fsp3) is 0.400. The molecule has 0 N–H and O–H groups in total. The summed E-state index contributed by atoms with van der Waals surface area (Å²) in [5.41, 5.74) is 1.28. The first-order chi connectivity index (χ1) is 10.3. The molecule has 1 aromatic carbocycles. The summed E-state index contributed by atoms with van der Waals surface area (Å²) in [6.45, 7) is 3.08. The first kappa shape index (κ1) is 15.0. The fourth-order valence-corrected chi connectivity index (χ4v) is 2.03. The smallest absolute Gasteiger partial charge is 0.172 e. The largest absolute Gasteiger partial charge is 0.497 e. The average molecular weight is 289 g/mol. The average Bonchev–Trinajstić information content (AvgIpc) is 2.91. The number of aromatic nitrogens is 3. The summed E-state index contributed by atoms with van der Waals surface area (Å²) in [4.78, 5) is 10.9. The molecule has 0 aliphatic rings. The first-order valence-corrected chi connectivity index (χ1v) is 6.93. The lowest BCUT2D eigenvalue weighted by Crippen LogP contribution is -2.12. The van der Waals surface area contributed by atoms with Crippen LogP contribution in [0.4, 0.5) is 0 Å². The van der Waals surface area contributed by atoms with Crippen molar-refractivity contribution in [2.75, 3.05) is 13.7 Å². The van der Waals surface area contributed by atoms with Crippen LogP contribution in [0.1, 0.15) is 29.5 Å². The van der Waals surface area contributed by atoms with Crippen LogP contribution < -0.4 is 9.47 Å². The normalized spacial score (nSPS) is 10.4. The van der Waals surface area contributed by atoms with Crippen molar-refractivity contribution in [1.82, 2.24) is 15.0 Å². The molecule has 0 aliphatic heterocycles. The van der Waals surface area contributed by atoms with Gasteiger partial charge in [0, 0.05) is 0 Å². The van der Waals surface area contributed by atoms with Gasteiger partial charge in [-0.2, -0.15) is 0 Å². The van der Waals surface area contributed by atoms with Gasteiger partial charge in [0.05, 0.1) is 19.3 Å². The van der Waals surface area contributed by atoms with Crippen LogP contribution in [0.25, 0.3) is 0 Å². The Labute approximate surface area is 123 Å². The highest BCUT2D eigenvalue weighted by molar-refractivity contribution is 5.73. The van der Waals surface area contributed by atoms with Crippen molar-refractivity contribution in [3.8, 4) is 11.5 Å². The van der Waals surface area contributed by atoms with Crippen molar-refractivity contribution in [1.29, 1.82) is 0 Å². The molecule has 21 heavy (non-hydrogen) atoms. The predicted octanol–water partition coefficient (Wildman–Crippen LogP) is 2.13. The zero-order chi connectivity index (χ0) is 15.1. The van der Waals surface area contributed by atoms with Crippen LogP contribution >= 0.6 is 0 Å². The molecule has 6 nitrogen and oxygen atoms in total. The van der Waals surface area contributed by atoms with Crippen molar-refractivity contribution in [2.24, 2.45) is 0 Å². The zero-order valence-electron chi connectivity index (χ0n) is 12.3. The second kappa shape index (κ2) is 7.42. The lowest BCUT2D eigenvalue weighted by Gasteiger charge is -2.09. The van der Waals surface area contributed by atoms with Crippen LogP contribution in [0.15, 0.2) is 24.3 Å². The lowest BCUT2D eigenvalue weighted by atomic mass is 10.2. The number of nitrogens with zero attached hydrogens (tertiary/aromatic N) is 3. The molecule has 0 radical (unpaired) electrons. The topological polar surface area (TPSA) is 66.2 Å². The highest BCUT2D eigenvalue weighted by atomic mass is 16.5. The fourth-order valence-electron chi connectivity index (χ4n) is 2.03. The number of carbonyl (C=O) groups excluding carboxylic acids is 1. The number of methoxy groups -OCH3 is 1. The Morgan fingerprint density at radius 1 is 1.24 bits per heavy atom. The molecule has 1 heterocycles. The number of ether oxygens (including phenoxy) is 2. The Hall–Kier alpha value is -2.37. The van der Waals surface area contributed by atoms with Gasteiger partial charge in [0.1, 0.15) is 23.8 Å². The van der Waals surface area contributed by atoms with E-state index in [1.807, 2.05) is 24.3 Å². The number of benzene rings is 1. The minimum Gasteiger partial charge on any atom is -0.497 e. The van der Waals surface area contributed by atoms with Gasteiger partial charge in [0.25, 0.3) is 0 Å². The van der Waals surface area contributed by atoms with Gasteiger partial charge >= 0.3 is 0 Å². The molecule has 0 aliphatic carbocycles. The molecule has 2 rings (SSSR count). The van der Waals surface area contributed by atoms with Crippen LogP contribution in [-0.4, -0.2) is 35.0 Å². The highest BCUT2D eigenvalue weighted by Crippen LogP contribution is 2.17. The molecular formula is C15H19N3O3. The Morgan fingerprint density at radius 3 is 2.57 bits per heavy atom. The zero-order valence-corrected chi connectivity index (χ0v) is 12.3. The maximum atomic E-state index is 10.9. The van der Waals surface area contributed by atoms with Gasteiger partial charge in [-0.15, -0.1) is 5.10 Å². The minimum atomic E-state index is 0.418. The van der Waals surface area contributed by atoms with Crippen molar-refractivity contribution in [2.45, 2.75) is 26.3 Å². The summed E-state index contributed by atoms with van der Waals surface area (Å²) in [7, 11) is 1.63. The maximum Gasteiger partial charge on any atom is 0.172 e. The molecule has 0 unspecified atom stereocenters. The highest BCUT2D eigenvalue weighted by Gasteiger charge is 2.11. The Balaban J connectivity index is 1.93. The molecule has 1 aromatic heterocycles. The summed E-state index contributed by atoms with van der Waals surface area (Å²) in [5.74, 6) is 1.56. The second-order valence-corrected chi connectivity index (χ2v) is 4.54. The van der Waals surface area contributed by atoms with Crippen LogP contribution in [0.3, 0.4) is 0 Å².